The Morgan fingerprint density at radius 2 is 1.86 bits per heavy atom. The van der Waals surface area contributed by atoms with Gasteiger partial charge in [0, 0.05) is 12.0 Å². The molecule has 0 saturated carbocycles. The first-order chi connectivity index (χ1) is 13.6. The lowest BCUT2D eigenvalue weighted by molar-refractivity contribution is -0.144. The van der Waals surface area contributed by atoms with Crippen LogP contribution in [0, 0.1) is 20.8 Å². The molecule has 6 nitrogen and oxygen atoms in total. The van der Waals surface area contributed by atoms with Crippen molar-refractivity contribution >= 4 is 17.3 Å². The molecule has 0 radical (unpaired) electrons. The van der Waals surface area contributed by atoms with Crippen molar-refractivity contribution in [3.8, 4) is 16.9 Å². The highest BCUT2D eigenvalue weighted by Crippen LogP contribution is 2.36. The molecule has 4 aromatic rings. The van der Waals surface area contributed by atoms with Crippen LogP contribution in [-0.2, 0) is 12.6 Å². The van der Waals surface area contributed by atoms with E-state index in [0.29, 0.717) is 34.3 Å². The van der Waals surface area contributed by atoms with Crippen molar-refractivity contribution in [3.05, 3.63) is 51.9 Å². The lowest BCUT2D eigenvalue weighted by atomic mass is 10.1. The molecule has 152 valence electrons. The van der Waals surface area contributed by atoms with Gasteiger partial charge in [-0.05, 0) is 32.4 Å². The summed E-state index contributed by atoms with van der Waals surface area (Å²) in [6, 6.07) is 5.64. The van der Waals surface area contributed by atoms with E-state index in [1.165, 1.54) is 6.92 Å². The molecular weight excluding hydrogens is 407 g/mol. The number of alkyl halides is 3. The zero-order chi connectivity index (χ0) is 21.1. The number of halogens is 4. The average Bonchev–Trinajstić information content (AvgIpc) is 3.26. The Morgan fingerprint density at radius 1 is 1.14 bits per heavy atom. The lowest BCUT2D eigenvalue weighted by Gasteiger charge is -2.05. The Hall–Kier alpha value is -2.81. The smallest absolute Gasteiger partial charge is 0.439 e. The number of aromatic nitrogens is 5. The molecule has 1 aromatic carbocycles. The van der Waals surface area contributed by atoms with Gasteiger partial charge in [-0.2, -0.15) is 22.8 Å². The molecule has 0 saturated heterocycles. The van der Waals surface area contributed by atoms with Crippen LogP contribution in [0.15, 0.2) is 22.6 Å². The first-order valence-electron chi connectivity index (χ1n) is 8.90. The van der Waals surface area contributed by atoms with Crippen molar-refractivity contribution < 1.29 is 17.6 Å². The van der Waals surface area contributed by atoms with Crippen LogP contribution in [0.2, 0.25) is 5.02 Å². The molecule has 0 aliphatic heterocycles. The van der Waals surface area contributed by atoms with E-state index in [1.807, 2.05) is 32.0 Å². The van der Waals surface area contributed by atoms with Crippen molar-refractivity contribution in [2.75, 3.05) is 0 Å². The summed E-state index contributed by atoms with van der Waals surface area (Å²) in [6.45, 7) is 6.98. The van der Waals surface area contributed by atoms with E-state index in [2.05, 4.69) is 15.2 Å². The van der Waals surface area contributed by atoms with E-state index in [0.717, 1.165) is 15.8 Å². The van der Waals surface area contributed by atoms with Gasteiger partial charge in [0.15, 0.2) is 5.69 Å². The molecule has 3 aromatic heterocycles. The predicted octanol–water partition coefficient (Wildman–Crippen LogP) is 5.33. The number of fused-ring (bicyclic) bond motifs is 1. The summed E-state index contributed by atoms with van der Waals surface area (Å²) in [5.41, 5.74) is 3.45. The summed E-state index contributed by atoms with van der Waals surface area (Å²) in [6.07, 6.45) is -4.10. The Labute approximate surface area is 168 Å². The van der Waals surface area contributed by atoms with Crippen LogP contribution < -0.4 is 0 Å². The van der Waals surface area contributed by atoms with Crippen LogP contribution in [0.5, 0.6) is 0 Å². The quantitative estimate of drug-likeness (QED) is 0.446. The number of oxazole rings is 1. The van der Waals surface area contributed by atoms with Gasteiger partial charge >= 0.3 is 6.18 Å². The number of hydrogen-bond donors (Lipinski definition) is 0. The summed E-state index contributed by atoms with van der Waals surface area (Å²) in [4.78, 5) is 3.54. The largest absolute Gasteiger partial charge is 0.453 e. The first-order valence-corrected chi connectivity index (χ1v) is 9.28. The molecule has 4 rings (SSSR count). The van der Waals surface area contributed by atoms with E-state index in [-0.39, 0.29) is 11.5 Å². The topological polar surface area (TPSA) is 61.2 Å². The lowest BCUT2D eigenvalue weighted by Crippen LogP contribution is -2.08. The van der Waals surface area contributed by atoms with Gasteiger partial charge in [0.25, 0.3) is 5.82 Å². The Balaban J connectivity index is 1.99. The molecule has 0 aliphatic rings. The highest BCUT2D eigenvalue weighted by atomic mass is 35.5. The van der Waals surface area contributed by atoms with Crippen molar-refractivity contribution in [2.24, 2.45) is 0 Å². The monoisotopic (exact) mass is 423 g/mol. The van der Waals surface area contributed by atoms with Crippen molar-refractivity contribution in [3.63, 3.8) is 0 Å². The number of nitrogens with zero attached hydrogens (tertiary/aromatic N) is 5. The van der Waals surface area contributed by atoms with Gasteiger partial charge in [-0.3, -0.25) is 0 Å². The fraction of sp³-hybridized carbons (Fsp3) is 0.316. The third-order valence-corrected chi connectivity index (χ3v) is 4.93. The summed E-state index contributed by atoms with van der Waals surface area (Å²) in [7, 11) is 0. The van der Waals surface area contributed by atoms with Crippen LogP contribution in [0.1, 0.15) is 35.6 Å². The summed E-state index contributed by atoms with van der Waals surface area (Å²) in [5.74, 6) is -0.508. The number of rotatable bonds is 3. The summed E-state index contributed by atoms with van der Waals surface area (Å²) < 4.78 is 47.9. The molecule has 10 heteroatoms. The fourth-order valence-electron chi connectivity index (χ4n) is 3.31. The number of aryl methyl sites for hydroxylation is 4. The maximum absolute atomic E-state index is 13.1. The first kappa shape index (κ1) is 19.5. The predicted molar refractivity (Wildman–Crippen MR) is 101 cm³/mol. The Bertz CT molecular complexity index is 1240. The molecule has 0 bridgehead atoms. The average molecular weight is 424 g/mol. The highest BCUT2D eigenvalue weighted by Gasteiger charge is 2.37. The van der Waals surface area contributed by atoms with Crippen molar-refractivity contribution in [1.82, 2.24) is 24.4 Å². The normalized spacial score (nSPS) is 12.3. The van der Waals surface area contributed by atoms with Gasteiger partial charge in [-0.25, -0.2) is 9.67 Å². The van der Waals surface area contributed by atoms with Gasteiger partial charge in [-0.15, -0.1) is 5.10 Å². The molecular formula is C19H17ClF3N5O. The van der Waals surface area contributed by atoms with Crippen LogP contribution >= 0.6 is 11.6 Å². The zero-order valence-electron chi connectivity index (χ0n) is 16.1. The van der Waals surface area contributed by atoms with Gasteiger partial charge in [0.2, 0.25) is 5.71 Å². The minimum absolute atomic E-state index is 0.0830. The van der Waals surface area contributed by atoms with Gasteiger partial charge in [-0.1, -0.05) is 30.7 Å². The molecule has 29 heavy (non-hydrogen) atoms. The molecule has 0 amide bonds. The highest BCUT2D eigenvalue weighted by molar-refractivity contribution is 6.33. The Morgan fingerprint density at radius 3 is 2.45 bits per heavy atom. The van der Waals surface area contributed by atoms with Crippen LogP contribution in [0.3, 0.4) is 0 Å². The molecule has 0 aliphatic carbocycles. The van der Waals surface area contributed by atoms with Crippen LogP contribution in [0.4, 0.5) is 13.2 Å². The minimum Gasteiger partial charge on any atom is -0.439 e. The second kappa shape index (κ2) is 6.62. The van der Waals surface area contributed by atoms with Gasteiger partial charge < -0.3 is 4.42 Å². The minimum atomic E-state index is -4.64. The number of benzene rings is 1. The second-order valence-corrected chi connectivity index (χ2v) is 7.16. The molecule has 0 unspecified atom stereocenters. The third kappa shape index (κ3) is 3.09. The van der Waals surface area contributed by atoms with Crippen LogP contribution in [0.25, 0.3) is 22.7 Å². The molecule has 3 heterocycles. The SMILES string of the molecule is CCc1oc2c(-n3nc(C(F)(F)F)nc3C)c(C)nn2c1-c1ccc(C)cc1Cl. The Kier molecular flexibility index (Phi) is 4.45. The molecule has 0 fully saturated rings. The van der Waals surface area contributed by atoms with E-state index in [4.69, 9.17) is 16.0 Å². The summed E-state index contributed by atoms with van der Waals surface area (Å²) in [5, 5.41) is 8.68. The van der Waals surface area contributed by atoms with Gasteiger partial charge in [0.1, 0.15) is 17.3 Å². The summed E-state index contributed by atoms with van der Waals surface area (Å²) >= 11 is 6.46. The molecule has 0 N–H and O–H groups in total. The van der Waals surface area contributed by atoms with E-state index in [9.17, 15) is 13.2 Å². The second-order valence-electron chi connectivity index (χ2n) is 6.75. The maximum atomic E-state index is 13.1. The van der Waals surface area contributed by atoms with E-state index < -0.39 is 12.0 Å². The van der Waals surface area contributed by atoms with E-state index in [1.54, 1.807) is 11.4 Å². The number of hydrogen-bond acceptors (Lipinski definition) is 4. The van der Waals surface area contributed by atoms with Crippen molar-refractivity contribution in [1.29, 1.82) is 0 Å². The van der Waals surface area contributed by atoms with Gasteiger partial charge in [0.05, 0.1) is 10.7 Å². The maximum Gasteiger partial charge on any atom is 0.453 e. The van der Waals surface area contributed by atoms with Crippen molar-refractivity contribution in [2.45, 2.75) is 40.3 Å². The van der Waals surface area contributed by atoms with Crippen LogP contribution in [-0.4, -0.2) is 24.4 Å². The van der Waals surface area contributed by atoms with E-state index >= 15 is 0 Å². The fourth-order valence-corrected chi connectivity index (χ4v) is 3.63. The molecule has 0 atom stereocenters. The zero-order valence-corrected chi connectivity index (χ0v) is 16.9. The molecule has 0 spiro atoms. The standard InChI is InChI=1S/C19H17ClF3N5O/c1-5-14-16(12-7-6-9(2)8-13(12)20)28-17(29-14)15(10(3)25-28)27-11(4)24-18(26-27)19(21,22)23/h6-8H,5H2,1-4H3. The third-order valence-electron chi connectivity index (χ3n) is 4.62.